The lowest BCUT2D eigenvalue weighted by Gasteiger charge is -2.26. The summed E-state index contributed by atoms with van der Waals surface area (Å²) in [6.45, 7) is 4.27. The highest BCUT2D eigenvalue weighted by Crippen LogP contribution is 2.41. The topological polar surface area (TPSA) is 86.6 Å². The molecular weight excluding hydrogens is 427 g/mol. The molecule has 0 aliphatic carbocycles. The molecule has 158 valence electrons. The number of benzene rings is 1. The molecule has 2 aromatic rings. The van der Waals surface area contributed by atoms with Crippen molar-refractivity contribution in [3.63, 3.8) is 0 Å². The van der Waals surface area contributed by atoms with Gasteiger partial charge in [-0.1, -0.05) is 29.3 Å². The fraction of sp³-hybridized carbons (Fsp3) is 0.333. The molecule has 0 spiro atoms. The number of halogens is 2. The average molecular weight is 449 g/mol. The van der Waals surface area contributed by atoms with Crippen LogP contribution in [0.3, 0.4) is 0 Å². The fourth-order valence-corrected chi connectivity index (χ4v) is 3.71. The molecule has 1 aromatic heterocycles. The van der Waals surface area contributed by atoms with Gasteiger partial charge in [0.25, 0.3) is 11.7 Å². The maximum Gasteiger partial charge on any atom is 0.295 e. The first-order valence-corrected chi connectivity index (χ1v) is 10.1. The lowest BCUT2D eigenvalue weighted by Crippen LogP contribution is -2.35. The summed E-state index contributed by atoms with van der Waals surface area (Å²) in [5.41, 5.74) is 1.37. The average Bonchev–Trinajstić information content (AvgIpc) is 2.92. The molecular formula is C21H22Cl2N4O3. The number of rotatable bonds is 5. The second-order valence-corrected chi connectivity index (χ2v) is 8.20. The Bertz CT molecular complexity index is 1050. The van der Waals surface area contributed by atoms with E-state index in [4.69, 9.17) is 23.2 Å². The number of aryl methyl sites for hydroxylation is 2. The molecule has 1 aromatic carbocycles. The number of carbonyl (C=O) groups is 2. The van der Waals surface area contributed by atoms with Gasteiger partial charge in [-0.05, 0) is 45.6 Å². The van der Waals surface area contributed by atoms with Crippen molar-refractivity contribution < 1.29 is 14.7 Å². The van der Waals surface area contributed by atoms with Crippen molar-refractivity contribution in [2.75, 3.05) is 27.2 Å². The van der Waals surface area contributed by atoms with Crippen LogP contribution in [0.2, 0.25) is 10.0 Å². The zero-order chi connectivity index (χ0) is 22.2. The summed E-state index contributed by atoms with van der Waals surface area (Å²) in [7, 11) is 3.75. The van der Waals surface area contributed by atoms with Gasteiger partial charge in [-0.2, -0.15) is 0 Å². The van der Waals surface area contributed by atoms with Crippen molar-refractivity contribution >= 4 is 40.7 Å². The van der Waals surface area contributed by atoms with Gasteiger partial charge < -0.3 is 14.9 Å². The first kappa shape index (κ1) is 22.2. The minimum atomic E-state index is -0.805. The highest BCUT2D eigenvalue weighted by molar-refractivity contribution is 6.46. The summed E-state index contributed by atoms with van der Waals surface area (Å²) >= 11 is 12.3. The second-order valence-electron chi connectivity index (χ2n) is 7.39. The zero-order valence-electron chi connectivity index (χ0n) is 17.1. The largest absolute Gasteiger partial charge is 0.507 e. The molecule has 0 bridgehead atoms. The number of ketones is 1. The summed E-state index contributed by atoms with van der Waals surface area (Å²) in [6, 6.07) is 4.10. The summed E-state index contributed by atoms with van der Waals surface area (Å²) in [5, 5.41) is 11.7. The normalized spacial score (nSPS) is 18.5. The maximum atomic E-state index is 13.0. The van der Waals surface area contributed by atoms with Crippen LogP contribution in [0, 0.1) is 13.8 Å². The van der Waals surface area contributed by atoms with E-state index in [2.05, 4.69) is 9.97 Å². The highest BCUT2D eigenvalue weighted by Gasteiger charge is 2.46. The molecule has 1 saturated heterocycles. The number of aromatic nitrogens is 2. The van der Waals surface area contributed by atoms with Crippen LogP contribution >= 0.6 is 23.2 Å². The first-order chi connectivity index (χ1) is 14.1. The van der Waals surface area contributed by atoms with Crippen LogP contribution in [0.5, 0.6) is 0 Å². The number of likely N-dealkylation sites (tertiary alicyclic amines) is 1. The molecule has 1 fully saturated rings. The van der Waals surface area contributed by atoms with Crippen LogP contribution in [0.25, 0.3) is 5.76 Å². The Kier molecular flexibility index (Phi) is 6.45. The minimum Gasteiger partial charge on any atom is -0.507 e. The number of likely N-dealkylation sites (N-methyl/N-ethyl adjacent to an activating group) is 1. The zero-order valence-corrected chi connectivity index (χ0v) is 18.6. The Morgan fingerprint density at radius 1 is 1.20 bits per heavy atom. The van der Waals surface area contributed by atoms with E-state index >= 15 is 0 Å². The number of nitrogens with zero attached hydrogens (tertiary/aromatic N) is 4. The quantitative estimate of drug-likeness (QED) is 0.428. The van der Waals surface area contributed by atoms with Crippen molar-refractivity contribution in [2.24, 2.45) is 0 Å². The predicted octanol–water partition coefficient (Wildman–Crippen LogP) is 3.38. The second kappa shape index (κ2) is 8.71. The maximum absolute atomic E-state index is 13.0. The van der Waals surface area contributed by atoms with E-state index < -0.39 is 17.7 Å². The van der Waals surface area contributed by atoms with Crippen LogP contribution < -0.4 is 0 Å². The summed E-state index contributed by atoms with van der Waals surface area (Å²) in [5.74, 6) is -1.21. The molecule has 0 unspecified atom stereocenters. The molecule has 1 aliphatic rings. The van der Waals surface area contributed by atoms with E-state index in [-0.39, 0.29) is 11.3 Å². The van der Waals surface area contributed by atoms with E-state index in [1.54, 1.807) is 32.0 Å². The Morgan fingerprint density at radius 3 is 2.50 bits per heavy atom. The van der Waals surface area contributed by atoms with E-state index in [0.29, 0.717) is 45.8 Å². The van der Waals surface area contributed by atoms with Crippen LogP contribution in [0.4, 0.5) is 0 Å². The van der Waals surface area contributed by atoms with Gasteiger partial charge in [-0.15, -0.1) is 0 Å². The lowest BCUT2D eigenvalue weighted by molar-refractivity contribution is -0.140. The SMILES string of the molecule is Cc1ncc(C(O)=C2C(=O)C(=O)N(CCN(C)C)[C@H]2c2ccc(Cl)c(Cl)c2)c(C)n1. The van der Waals surface area contributed by atoms with Crippen molar-refractivity contribution in [1.29, 1.82) is 0 Å². The van der Waals surface area contributed by atoms with Crippen LogP contribution in [0.15, 0.2) is 30.0 Å². The molecule has 2 heterocycles. The van der Waals surface area contributed by atoms with E-state index in [1.807, 2.05) is 19.0 Å². The first-order valence-electron chi connectivity index (χ1n) is 9.30. The molecule has 1 aliphatic heterocycles. The fourth-order valence-electron chi connectivity index (χ4n) is 3.41. The van der Waals surface area contributed by atoms with Crippen molar-refractivity contribution in [2.45, 2.75) is 19.9 Å². The molecule has 7 nitrogen and oxygen atoms in total. The highest BCUT2D eigenvalue weighted by atomic mass is 35.5. The monoisotopic (exact) mass is 448 g/mol. The van der Waals surface area contributed by atoms with Gasteiger partial charge in [0.1, 0.15) is 11.6 Å². The molecule has 0 radical (unpaired) electrons. The van der Waals surface area contributed by atoms with Crippen LogP contribution in [0.1, 0.15) is 28.7 Å². The minimum absolute atomic E-state index is 0.0206. The van der Waals surface area contributed by atoms with Crippen molar-refractivity contribution in [1.82, 2.24) is 19.8 Å². The number of hydrogen-bond donors (Lipinski definition) is 1. The third-order valence-corrected chi connectivity index (χ3v) is 5.68. The van der Waals surface area contributed by atoms with Gasteiger partial charge in [-0.3, -0.25) is 9.59 Å². The molecule has 1 amide bonds. The molecule has 3 rings (SSSR count). The number of Topliss-reactive ketones (excluding diaryl/α,β-unsaturated/α-hetero) is 1. The molecule has 0 saturated carbocycles. The summed E-state index contributed by atoms with van der Waals surface area (Å²) < 4.78 is 0. The van der Waals surface area contributed by atoms with Crippen molar-refractivity contribution in [3.05, 3.63) is 62.7 Å². The molecule has 30 heavy (non-hydrogen) atoms. The van der Waals surface area contributed by atoms with Gasteiger partial charge in [0.15, 0.2) is 0 Å². The van der Waals surface area contributed by atoms with E-state index in [0.717, 1.165) is 0 Å². The number of aliphatic hydroxyl groups excluding tert-OH is 1. The third-order valence-electron chi connectivity index (χ3n) is 4.94. The van der Waals surface area contributed by atoms with E-state index in [1.165, 1.54) is 11.1 Å². The lowest BCUT2D eigenvalue weighted by atomic mass is 9.95. The van der Waals surface area contributed by atoms with Gasteiger partial charge in [0.05, 0.1) is 32.9 Å². The Morgan fingerprint density at radius 2 is 1.90 bits per heavy atom. The van der Waals surface area contributed by atoms with Gasteiger partial charge in [0.2, 0.25) is 0 Å². The number of amides is 1. The molecule has 9 heteroatoms. The number of carbonyl (C=O) groups excluding carboxylic acids is 2. The smallest absolute Gasteiger partial charge is 0.295 e. The predicted molar refractivity (Wildman–Crippen MR) is 116 cm³/mol. The van der Waals surface area contributed by atoms with E-state index in [9.17, 15) is 14.7 Å². The van der Waals surface area contributed by atoms with Gasteiger partial charge in [0, 0.05) is 19.3 Å². The Balaban J connectivity index is 2.20. The molecule has 1 N–H and O–H groups in total. The Labute approximate surface area is 184 Å². The van der Waals surface area contributed by atoms with Crippen LogP contribution in [-0.2, 0) is 9.59 Å². The number of hydrogen-bond acceptors (Lipinski definition) is 6. The van der Waals surface area contributed by atoms with Crippen LogP contribution in [-0.4, -0.2) is 63.7 Å². The third kappa shape index (κ3) is 4.19. The standard InChI is InChI=1S/C21H22Cl2N4O3/c1-11-14(10-24-12(2)25-11)19(28)17-18(13-5-6-15(22)16(23)9-13)27(8-7-26(3)4)21(30)20(17)29/h5-6,9-10,18,28H,7-8H2,1-4H3/t18-/m0/s1. The number of aliphatic hydroxyl groups is 1. The van der Waals surface area contributed by atoms with Gasteiger partial charge >= 0.3 is 0 Å². The summed E-state index contributed by atoms with van der Waals surface area (Å²) in [4.78, 5) is 37.5. The summed E-state index contributed by atoms with van der Waals surface area (Å²) in [6.07, 6.45) is 1.45. The molecule has 1 atom stereocenters. The van der Waals surface area contributed by atoms with Crippen molar-refractivity contribution in [3.8, 4) is 0 Å². The van der Waals surface area contributed by atoms with Gasteiger partial charge in [-0.25, -0.2) is 9.97 Å². The Hall–Kier alpha value is -2.48.